The van der Waals surface area contributed by atoms with Crippen LogP contribution in [0.15, 0.2) is 6.07 Å². The third-order valence-electron chi connectivity index (χ3n) is 2.04. The van der Waals surface area contributed by atoms with Crippen LogP contribution >= 0.6 is 11.6 Å². The van der Waals surface area contributed by atoms with Gasteiger partial charge in [-0.15, -0.1) is 5.10 Å². The molecule has 0 fully saturated rings. The van der Waals surface area contributed by atoms with E-state index < -0.39 is 0 Å². The standard InChI is InChI=1S/C8H10ClN3/c9-8-5-6-1-3-10-4-2-7(6)11-12-8/h5,10H,1-4H2. The quantitative estimate of drug-likeness (QED) is 0.647. The van der Waals surface area contributed by atoms with E-state index in [2.05, 4.69) is 15.5 Å². The molecule has 0 radical (unpaired) electrons. The van der Waals surface area contributed by atoms with Crippen LogP contribution in [0.25, 0.3) is 0 Å². The Morgan fingerprint density at radius 1 is 1.25 bits per heavy atom. The van der Waals surface area contributed by atoms with E-state index in [4.69, 9.17) is 11.6 Å². The summed E-state index contributed by atoms with van der Waals surface area (Å²) < 4.78 is 0. The van der Waals surface area contributed by atoms with Gasteiger partial charge in [0.2, 0.25) is 0 Å². The summed E-state index contributed by atoms with van der Waals surface area (Å²) in [5, 5.41) is 11.7. The zero-order valence-electron chi connectivity index (χ0n) is 6.68. The van der Waals surface area contributed by atoms with Gasteiger partial charge in [-0.3, -0.25) is 0 Å². The van der Waals surface area contributed by atoms with Gasteiger partial charge in [0.1, 0.15) is 0 Å². The van der Waals surface area contributed by atoms with E-state index in [-0.39, 0.29) is 0 Å². The van der Waals surface area contributed by atoms with Gasteiger partial charge in [0.05, 0.1) is 5.69 Å². The molecule has 3 nitrogen and oxygen atoms in total. The van der Waals surface area contributed by atoms with Crippen molar-refractivity contribution in [3.05, 3.63) is 22.5 Å². The predicted octanol–water partition coefficient (Wildman–Crippen LogP) is 0.818. The van der Waals surface area contributed by atoms with Gasteiger partial charge >= 0.3 is 0 Å². The Morgan fingerprint density at radius 3 is 3.00 bits per heavy atom. The molecule has 0 saturated heterocycles. The first-order chi connectivity index (χ1) is 5.86. The van der Waals surface area contributed by atoms with Gasteiger partial charge in [0.25, 0.3) is 0 Å². The molecule has 0 bridgehead atoms. The first-order valence-electron chi connectivity index (χ1n) is 4.08. The maximum Gasteiger partial charge on any atom is 0.152 e. The van der Waals surface area contributed by atoms with Crippen molar-refractivity contribution >= 4 is 11.6 Å². The van der Waals surface area contributed by atoms with Crippen molar-refractivity contribution < 1.29 is 0 Å². The SMILES string of the molecule is Clc1cc2c(nn1)CCNCC2. The average Bonchev–Trinajstić information content (AvgIpc) is 2.28. The van der Waals surface area contributed by atoms with Crippen LogP contribution in [0, 0.1) is 0 Å². The van der Waals surface area contributed by atoms with Gasteiger partial charge in [0, 0.05) is 13.0 Å². The fourth-order valence-corrected chi connectivity index (χ4v) is 1.58. The first-order valence-corrected chi connectivity index (χ1v) is 4.46. The molecular weight excluding hydrogens is 174 g/mol. The lowest BCUT2D eigenvalue weighted by atomic mass is 10.1. The van der Waals surface area contributed by atoms with Gasteiger partial charge in [-0.1, -0.05) is 11.6 Å². The highest BCUT2D eigenvalue weighted by Crippen LogP contribution is 2.12. The maximum absolute atomic E-state index is 5.74. The Labute approximate surface area is 76.1 Å². The number of rotatable bonds is 0. The lowest BCUT2D eigenvalue weighted by molar-refractivity contribution is 0.706. The molecule has 1 aliphatic rings. The van der Waals surface area contributed by atoms with Crippen LogP contribution in [-0.2, 0) is 12.8 Å². The zero-order valence-corrected chi connectivity index (χ0v) is 7.43. The molecule has 2 heterocycles. The lowest BCUT2D eigenvalue weighted by Gasteiger charge is -2.01. The third-order valence-corrected chi connectivity index (χ3v) is 2.22. The molecule has 0 spiro atoms. The fourth-order valence-electron chi connectivity index (χ4n) is 1.41. The van der Waals surface area contributed by atoms with E-state index in [0.29, 0.717) is 5.15 Å². The Morgan fingerprint density at radius 2 is 2.08 bits per heavy atom. The topological polar surface area (TPSA) is 37.8 Å². The molecule has 12 heavy (non-hydrogen) atoms. The average molecular weight is 184 g/mol. The van der Waals surface area contributed by atoms with Crippen LogP contribution in [-0.4, -0.2) is 23.3 Å². The van der Waals surface area contributed by atoms with Gasteiger partial charge < -0.3 is 5.32 Å². The van der Waals surface area contributed by atoms with E-state index >= 15 is 0 Å². The number of aromatic nitrogens is 2. The van der Waals surface area contributed by atoms with Crippen LogP contribution in [0.3, 0.4) is 0 Å². The molecule has 1 aromatic rings. The van der Waals surface area contributed by atoms with Gasteiger partial charge in [0.15, 0.2) is 5.15 Å². The molecule has 4 heteroatoms. The van der Waals surface area contributed by atoms with E-state index in [1.165, 1.54) is 5.56 Å². The normalized spacial score (nSPS) is 16.8. The molecule has 64 valence electrons. The largest absolute Gasteiger partial charge is 0.316 e. The number of hydrogen-bond donors (Lipinski definition) is 1. The van der Waals surface area contributed by atoms with Crippen molar-refractivity contribution in [3.63, 3.8) is 0 Å². The van der Waals surface area contributed by atoms with Gasteiger partial charge in [-0.25, -0.2) is 0 Å². The summed E-state index contributed by atoms with van der Waals surface area (Å²) >= 11 is 5.74. The molecule has 1 aliphatic heterocycles. The van der Waals surface area contributed by atoms with Crippen LogP contribution in [0.1, 0.15) is 11.3 Å². The second-order valence-electron chi connectivity index (χ2n) is 2.89. The Kier molecular flexibility index (Phi) is 2.23. The third kappa shape index (κ3) is 1.57. The molecule has 1 N–H and O–H groups in total. The summed E-state index contributed by atoms with van der Waals surface area (Å²) in [7, 11) is 0. The van der Waals surface area contributed by atoms with E-state index in [0.717, 1.165) is 31.6 Å². The molecule has 0 atom stereocenters. The highest BCUT2D eigenvalue weighted by Gasteiger charge is 2.09. The van der Waals surface area contributed by atoms with E-state index in [1.807, 2.05) is 6.07 Å². The van der Waals surface area contributed by atoms with Crippen LogP contribution < -0.4 is 5.32 Å². The molecule has 1 aromatic heterocycles. The van der Waals surface area contributed by atoms with Crippen molar-refractivity contribution in [2.24, 2.45) is 0 Å². The molecule has 0 amide bonds. The summed E-state index contributed by atoms with van der Waals surface area (Å²) in [5.74, 6) is 0. The van der Waals surface area contributed by atoms with Crippen molar-refractivity contribution in [2.75, 3.05) is 13.1 Å². The van der Waals surface area contributed by atoms with E-state index in [9.17, 15) is 0 Å². The Hall–Kier alpha value is -0.670. The summed E-state index contributed by atoms with van der Waals surface area (Å²) in [6.07, 6.45) is 1.96. The van der Waals surface area contributed by atoms with Crippen LogP contribution in [0.4, 0.5) is 0 Å². The number of fused-ring (bicyclic) bond motifs is 1. The van der Waals surface area contributed by atoms with Gasteiger partial charge in [-0.2, -0.15) is 5.10 Å². The minimum atomic E-state index is 0.496. The molecule has 0 aliphatic carbocycles. The molecule has 0 aromatic carbocycles. The predicted molar refractivity (Wildman–Crippen MR) is 47.3 cm³/mol. The summed E-state index contributed by atoms with van der Waals surface area (Å²) in [6, 6.07) is 1.91. The van der Waals surface area contributed by atoms with E-state index in [1.54, 1.807) is 0 Å². The summed E-state index contributed by atoms with van der Waals surface area (Å²) in [4.78, 5) is 0. The number of halogens is 1. The minimum absolute atomic E-state index is 0.496. The van der Waals surface area contributed by atoms with Crippen molar-refractivity contribution in [2.45, 2.75) is 12.8 Å². The summed E-state index contributed by atoms with van der Waals surface area (Å²) in [6.45, 7) is 2.00. The van der Waals surface area contributed by atoms with Crippen LogP contribution in [0.5, 0.6) is 0 Å². The highest BCUT2D eigenvalue weighted by molar-refractivity contribution is 6.29. The number of hydrogen-bond acceptors (Lipinski definition) is 3. The maximum atomic E-state index is 5.74. The Bertz CT molecular complexity index is 288. The van der Waals surface area contributed by atoms with Crippen molar-refractivity contribution in [1.29, 1.82) is 0 Å². The second kappa shape index (κ2) is 3.37. The summed E-state index contributed by atoms with van der Waals surface area (Å²) in [5.41, 5.74) is 2.32. The van der Waals surface area contributed by atoms with Gasteiger partial charge in [-0.05, 0) is 24.6 Å². The van der Waals surface area contributed by atoms with Crippen LogP contribution in [0.2, 0.25) is 5.15 Å². The smallest absolute Gasteiger partial charge is 0.152 e. The monoisotopic (exact) mass is 183 g/mol. The molecule has 0 saturated carbocycles. The lowest BCUT2D eigenvalue weighted by Crippen LogP contribution is -2.16. The number of nitrogens with one attached hydrogen (secondary N) is 1. The van der Waals surface area contributed by atoms with Crippen molar-refractivity contribution in [1.82, 2.24) is 15.5 Å². The Balaban J connectivity index is 2.36. The second-order valence-corrected chi connectivity index (χ2v) is 3.28. The molecule has 0 unspecified atom stereocenters. The highest BCUT2D eigenvalue weighted by atomic mass is 35.5. The minimum Gasteiger partial charge on any atom is -0.316 e. The number of nitrogens with zero attached hydrogens (tertiary/aromatic N) is 2. The first kappa shape index (κ1) is 7.95. The zero-order chi connectivity index (χ0) is 8.39. The molecule has 2 rings (SSSR count). The molecular formula is C8H10ClN3. The van der Waals surface area contributed by atoms with Crippen molar-refractivity contribution in [3.8, 4) is 0 Å². The fraction of sp³-hybridized carbons (Fsp3) is 0.500.